The molecule has 4 nitrogen and oxygen atoms in total. The Hall–Kier alpha value is 1.70. The van der Waals surface area contributed by atoms with Gasteiger partial charge >= 0.3 is 58.3 Å². The zero-order chi connectivity index (χ0) is 0. The van der Waals surface area contributed by atoms with E-state index in [0.29, 0.717) is 0 Å². The van der Waals surface area contributed by atoms with Crippen LogP contribution < -0.4 is 0 Å². The van der Waals surface area contributed by atoms with Crippen LogP contribution in [-0.2, 0) is 80.2 Å². The maximum Gasteiger partial charge on any atom is 4.00 e. The Labute approximate surface area is 79.8 Å². The van der Waals surface area contributed by atoms with Crippen LogP contribution in [0.25, 0.3) is 0 Å². The smallest absolute Gasteiger partial charge is 2.00 e. The minimum atomic E-state index is 0. The van der Waals surface area contributed by atoms with E-state index in [0.717, 1.165) is 0 Å². The number of hydrogen-bond donors (Lipinski definition) is 0. The van der Waals surface area contributed by atoms with Gasteiger partial charge in [0.15, 0.2) is 0 Å². The molecule has 0 aliphatic rings. The largest absolute Gasteiger partial charge is 4.00 e. The van der Waals surface area contributed by atoms with Crippen molar-refractivity contribution in [1.29, 1.82) is 0 Å². The van der Waals surface area contributed by atoms with E-state index in [1.165, 1.54) is 0 Å². The molecule has 0 fully saturated rings. The van der Waals surface area contributed by atoms with Crippen LogP contribution in [0.5, 0.6) is 0 Å². The summed E-state index contributed by atoms with van der Waals surface area (Å²) < 4.78 is 0. The second-order valence-electron chi connectivity index (χ2n) is 0. The molecule has 0 amide bonds. The molecule has 0 saturated heterocycles. The molecular weight excluding hydrogens is 241 g/mol. The number of rotatable bonds is 0. The Morgan fingerprint density at radius 1 is 0.571 bits per heavy atom. The van der Waals surface area contributed by atoms with Crippen molar-refractivity contribution in [3.8, 4) is 0 Å². The molecular formula is CuO4TiZn. The molecule has 0 saturated carbocycles. The fourth-order valence-corrected chi connectivity index (χ4v) is 0. The van der Waals surface area contributed by atoms with E-state index >= 15 is 0 Å². The molecule has 0 atom stereocenters. The van der Waals surface area contributed by atoms with E-state index in [2.05, 4.69) is 0 Å². The Morgan fingerprint density at radius 2 is 0.571 bits per heavy atom. The van der Waals surface area contributed by atoms with E-state index in [1.807, 2.05) is 0 Å². The molecule has 0 rings (SSSR count). The fourth-order valence-electron chi connectivity index (χ4n) is 0. The Kier molecular flexibility index (Phi) is 3060. The first kappa shape index (κ1) is 179. The second kappa shape index (κ2) is 120. The third-order valence-corrected chi connectivity index (χ3v) is 0. The molecule has 0 bridgehead atoms. The van der Waals surface area contributed by atoms with Gasteiger partial charge in [-0.1, -0.05) is 0 Å². The third kappa shape index (κ3) is 86.7. The second-order valence-corrected chi connectivity index (χ2v) is 0. The van der Waals surface area contributed by atoms with Crippen molar-refractivity contribution in [3.05, 3.63) is 0 Å². The van der Waals surface area contributed by atoms with Gasteiger partial charge in [-0.25, -0.2) is 0 Å². The zero-order valence-electron chi connectivity index (χ0n) is 3.14. The first-order valence-corrected chi connectivity index (χ1v) is 0. The van der Waals surface area contributed by atoms with Crippen molar-refractivity contribution < 1.29 is 80.2 Å². The Morgan fingerprint density at radius 3 is 0.571 bits per heavy atom. The van der Waals surface area contributed by atoms with Gasteiger partial charge in [-0.3, -0.25) is 0 Å². The topological polar surface area (TPSA) is 114 Å². The van der Waals surface area contributed by atoms with E-state index < -0.39 is 0 Å². The van der Waals surface area contributed by atoms with Gasteiger partial charge in [0, 0.05) is 0 Å². The molecule has 0 spiro atoms. The standard InChI is InChI=1S/Cu.4O.Ti.Zn/q+2;4*-2;+4;+2. The van der Waals surface area contributed by atoms with Gasteiger partial charge in [-0.05, 0) is 0 Å². The van der Waals surface area contributed by atoms with Crippen molar-refractivity contribution in [2.45, 2.75) is 0 Å². The maximum absolute atomic E-state index is 0. The van der Waals surface area contributed by atoms with Crippen molar-refractivity contribution >= 4 is 0 Å². The SMILES string of the molecule is [Cu+2].[O-2].[O-2].[O-2].[O-2].[Ti+4].[Zn+2]. The van der Waals surface area contributed by atoms with Crippen LogP contribution in [0, 0.1) is 0 Å². The van der Waals surface area contributed by atoms with Gasteiger partial charge in [0.25, 0.3) is 0 Å². The van der Waals surface area contributed by atoms with Crippen molar-refractivity contribution in [1.82, 2.24) is 0 Å². The Balaban J connectivity index is 0. The molecule has 0 heterocycles. The molecule has 0 unspecified atom stereocenters. The van der Waals surface area contributed by atoms with Gasteiger partial charge in [0.05, 0.1) is 0 Å². The van der Waals surface area contributed by atoms with E-state index in [4.69, 9.17) is 0 Å². The van der Waals surface area contributed by atoms with Crippen LogP contribution in [0.4, 0.5) is 0 Å². The minimum Gasteiger partial charge on any atom is -2.00 e. The van der Waals surface area contributed by atoms with Gasteiger partial charge in [-0.2, -0.15) is 0 Å². The van der Waals surface area contributed by atoms with Crippen LogP contribution in [0.1, 0.15) is 0 Å². The van der Waals surface area contributed by atoms with Crippen LogP contribution in [0.3, 0.4) is 0 Å². The van der Waals surface area contributed by atoms with Crippen molar-refractivity contribution in [2.75, 3.05) is 0 Å². The van der Waals surface area contributed by atoms with Gasteiger partial charge in [-0.15, -0.1) is 0 Å². The summed E-state index contributed by atoms with van der Waals surface area (Å²) in [7, 11) is 0. The molecule has 0 aromatic heterocycles. The zero-order valence-corrected chi connectivity index (χ0v) is 8.61. The van der Waals surface area contributed by atoms with Crippen LogP contribution >= 0.6 is 0 Å². The summed E-state index contributed by atoms with van der Waals surface area (Å²) in [6.07, 6.45) is 0. The summed E-state index contributed by atoms with van der Waals surface area (Å²) in [4.78, 5) is 0. The minimum absolute atomic E-state index is 0. The normalized spacial score (nSPS) is 0. The van der Waals surface area contributed by atoms with E-state index in [-0.39, 0.29) is 80.2 Å². The molecule has 7 heteroatoms. The summed E-state index contributed by atoms with van der Waals surface area (Å²) in [5.74, 6) is 0. The molecule has 0 aromatic rings. The Bertz CT molecular complexity index is 11.7. The van der Waals surface area contributed by atoms with Crippen LogP contribution in [0.15, 0.2) is 0 Å². The van der Waals surface area contributed by atoms with Crippen LogP contribution in [0.2, 0.25) is 0 Å². The average molecular weight is 241 g/mol. The quantitative estimate of drug-likeness (QED) is 0.509. The average Bonchev–Trinajstić information content (AvgIpc) is 0. The molecule has 0 aliphatic carbocycles. The summed E-state index contributed by atoms with van der Waals surface area (Å²) >= 11 is 0. The van der Waals surface area contributed by atoms with Gasteiger partial charge in [0.1, 0.15) is 0 Å². The molecule has 7 heavy (non-hydrogen) atoms. The summed E-state index contributed by atoms with van der Waals surface area (Å²) in [5, 5.41) is 0. The predicted octanol–water partition coefficient (Wildman–Crippen LogP) is -0.483. The van der Waals surface area contributed by atoms with Gasteiger partial charge < -0.3 is 21.9 Å². The van der Waals surface area contributed by atoms with E-state index in [9.17, 15) is 0 Å². The maximum atomic E-state index is 0. The molecule has 1 radical (unpaired) electrons. The molecule has 41 valence electrons. The fraction of sp³-hybridized carbons (Fsp3) is 0. The molecule has 0 aromatic carbocycles. The first-order valence-electron chi connectivity index (χ1n) is 0. The summed E-state index contributed by atoms with van der Waals surface area (Å²) in [5.41, 5.74) is 0. The predicted molar refractivity (Wildman–Crippen MR) is 2.75 cm³/mol. The summed E-state index contributed by atoms with van der Waals surface area (Å²) in [6, 6.07) is 0. The first-order chi connectivity index (χ1) is 0. The van der Waals surface area contributed by atoms with Crippen molar-refractivity contribution in [2.24, 2.45) is 0 Å². The van der Waals surface area contributed by atoms with Crippen molar-refractivity contribution in [3.63, 3.8) is 0 Å². The molecule has 0 N–H and O–H groups in total. The van der Waals surface area contributed by atoms with E-state index in [1.54, 1.807) is 0 Å². The van der Waals surface area contributed by atoms with Gasteiger partial charge in [0.2, 0.25) is 0 Å². The molecule has 0 aliphatic heterocycles. The van der Waals surface area contributed by atoms with Crippen LogP contribution in [-0.4, -0.2) is 0 Å². The summed E-state index contributed by atoms with van der Waals surface area (Å²) in [6.45, 7) is 0. The monoisotopic (exact) mass is 239 g/mol. The third-order valence-electron chi connectivity index (χ3n) is 0. The number of hydrogen-bond acceptors (Lipinski definition) is 0.